The van der Waals surface area contributed by atoms with Crippen LogP contribution >= 0.6 is 0 Å². The van der Waals surface area contributed by atoms with Crippen LogP contribution in [0.3, 0.4) is 0 Å². The van der Waals surface area contributed by atoms with E-state index in [-0.39, 0.29) is 11.3 Å². The highest BCUT2D eigenvalue weighted by Gasteiger charge is 2.21. The number of nitrogens with two attached hydrogens (primary N) is 1. The molecule has 4 heteroatoms. The third-order valence-electron chi connectivity index (χ3n) is 3.41. The summed E-state index contributed by atoms with van der Waals surface area (Å²) in [5.74, 6) is 0.932. The lowest BCUT2D eigenvalue weighted by Gasteiger charge is -2.25. The van der Waals surface area contributed by atoms with Gasteiger partial charge in [0.15, 0.2) is 0 Å². The van der Waals surface area contributed by atoms with Crippen LogP contribution in [0.5, 0.6) is 5.75 Å². The summed E-state index contributed by atoms with van der Waals surface area (Å²) in [4.78, 5) is 11.7. The van der Waals surface area contributed by atoms with E-state index < -0.39 is 0 Å². The summed E-state index contributed by atoms with van der Waals surface area (Å²) in [6.07, 6.45) is 1.12. The Labute approximate surface area is 128 Å². The first-order chi connectivity index (χ1) is 9.79. The van der Waals surface area contributed by atoms with Gasteiger partial charge in [-0.25, -0.2) is 0 Å². The first-order valence-corrected chi connectivity index (χ1v) is 7.44. The number of aryl methyl sites for hydroxylation is 2. The Balaban J connectivity index is 2.96. The van der Waals surface area contributed by atoms with Crippen molar-refractivity contribution in [3.8, 4) is 5.75 Å². The van der Waals surface area contributed by atoms with E-state index in [2.05, 4.69) is 45.1 Å². The van der Waals surface area contributed by atoms with Gasteiger partial charge in [-0.1, -0.05) is 38.5 Å². The maximum Gasteiger partial charge on any atom is 0.220 e. The number of ether oxygens (including phenoxy) is 1. The van der Waals surface area contributed by atoms with Gasteiger partial charge in [0.25, 0.3) is 0 Å². The Hall–Kier alpha value is -1.55. The summed E-state index contributed by atoms with van der Waals surface area (Å²) in [7, 11) is 1.69. The average Bonchev–Trinajstić information content (AvgIpc) is 2.41. The van der Waals surface area contributed by atoms with E-state index in [1.54, 1.807) is 7.11 Å². The normalized spacial score (nSPS) is 11.3. The molecule has 0 unspecified atom stereocenters. The van der Waals surface area contributed by atoms with Crippen LogP contribution in [0.15, 0.2) is 12.1 Å². The number of nitrogens with one attached hydrogen (secondary N) is 1. The Bertz CT molecular complexity index is 490. The number of rotatable bonds is 6. The molecule has 21 heavy (non-hydrogen) atoms. The molecular formula is C17H28N2O2. The lowest BCUT2D eigenvalue weighted by atomic mass is 9.83. The van der Waals surface area contributed by atoms with Crippen molar-refractivity contribution in [1.82, 2.24) is 5.32 Å². The molecule has 4 nitrogen and oxygen atoms in total. The number of hydrogen-bond donors (Lipinski definition) is 2. The fourth-order valence-corrected chi connectivity index (χ4v) is 2.38. The van der Waals surface area contributed by atoms with E-state index in [1.165, 1.54) is 11.1 Å². The predicted octanol–water partition coefficient (Wildman–Crippen LogP) is 2.31. The molecule has 0 bridgehead atoms. The molecule has 0 aromatic heterocycles. The third kappa shape index (κ3) is 5.05. The molecule has 0 aliphatic heterocycles. The molecule has 1 amide bonds. The Morgan fingerprint density at radius 2 is 2.00 bits per heavy atom. The molecule has 118 valence electrons. The SMILES string of the molecule is COc1c(CCC(=O)NCCN)cc(C)cc1C(C)(C)C. The summed E-state index contributed by atoms with van der Waals surface area (Å²) in [6.45, 7) is 9.57. The minimum atomic E-state index is 0.00786. The van der Waals surface area contributed by atoms with Crippen LogP contribution in [0, 0.1) is 6.92 Å². The van der Waals surface area contributed by atoms with Crippen LogP contribution in [0.1, 0.15) is 43.9 Å². The Morgan fingerprint density at radius 3 is 2.52 bits per heavy atom. The number of hydrogen-bond acceptors (Lipinski definition) is 3. The lowest BCUT2D eigenvalue weighted by Crippen LogP contribution is -2.29. The smallest absolute Gasteiger partial charge is 0.220 e. The maximum atomic E-state index is 11.7. The summed E-state index contributed by atoms with van der Waals surface area (Å²) in [5, 5.41) is 2.79. The molecule has 1 aromatic rings. The summed E-state index contributed by atoms with van der Waals surface area (Å²) in [5.41, 5.74) is 8.85. The number of carbonyl (C=O) groups excluding carboxylic acids is 1. The molecule has 0 atom stereocenters. The van der Waals surface area contributed by atoms with Crippen molar-refractivity contribution in [2.24, 2.45) is 5.73 Å². The number of methoxy groups -OCH3 is 1. The molecular weight excluding hydrogens is 264 g/mol. The second-order valence-electron chi connectivity index (χ2n) is 6.39. The molecule has 0 spiro atoms. The van der Waals surface area contributed by atoms with Crippen LogP contribution in [0.25, 0.3) is 0 Å². The molecule has 0 heterocycles. The Morgan fingerprint density at radius 1 is 1.33 bits per heavy atom. The lowest BCUT2D eigenvalue weighted by molar-refractivity contribution is -0.120. The topological polar surface area (TPSA) is 64.3 Å². The quantitative estimate of drug-likeness (QED) is 0.845. The summed E-state index contributed by atoms with van der Waals surface area (Å²) < 4.78 is 5.62. The molecule has 1 rings (SSSR count). The fraction of sp³-hybridized carbons (Fsp3) is 0.588. The van der Waals surface area contributed by atoms with Crippen molar-refractivity contribution in [3.63, 3.8) is 0 Å². The first kappa shape index (κ1) is 17.5. The zero-order chi connectivity index (χ0) is 16.0. The van der Waals surface area contributed by atoms with Gasteiger partial charge < -0.3 is 15.8 Å². The second-order valence-corrected chi connectivity index (χ2v) is 6.39. The van der Waals surface area contributed by atoms with Crippen LogP contribution in [0.4, 0.5) is 0 Å². The summed E-state index contributed by atoms with van der Waals surface area (Å²) >= 11 is 0. The predicted molar refractivity (Wildman–Crippen MR) is 86.8 cm³/mol. The van der Waals surface area contributed by atoms with Gasteiger partial charge in [0.05, 0.1) is 7.11 Å². The van der Waals surface area contributed by atoms with Gasteiger partial charge in [-0.15, -0.1) is 0 Å². The van der Waals surface area contributed by atoms with Crippen LogP contribution in [-0.4, -0.2) is 26.1 Å². The van der Waals surface area contributed by atoms with Crippen LogP contribution in [0.2, 0.25) is 0 Å². The fourth-order valence-electron chi connectivity index (χ4n) is 2.38. The van der Waals surface area contributed by atoms with E-state index in [1.807, 2.05) is 0 Å². The molecule has 1 aromatic carbocycles. The van der Waals surface area contributed by atoms with Crippen molar-refractivity contribution in [1.29, 1.82) is 0 Å². The minimum Gasteiger partial charge on any atom is -0.496 e. The van der Waals surface area contributed by atoms with Gasteiger partial charge in [0, 0.05) is 25.1 Å². The second kappa shape index (κ2) is 7.46. The molecule has 3 N–H and O–H groups in total. The zero-order valence-corrected chi connectivity index (χ0v) is 13.9. The van der Waals surface area contributed by atoms with Crippen LogP contribution < -0.4 is 15.8 Å². The number of benzene rings is 1. The van der Waals surface area contributed by atoms with Crippen molar-refractivity contribution in [2.75, 3.05) is 20.2 Å². The van der Waals surface area contributed by atoms with E-state index in [9.17, 15) is 4.79 Å². The molecule has 0 fully saturated rings. The van der Waals surface area contributed by atoms with E-state index >= 15 is 0 Å². The zero-order valence-electron chi connectivity index (χ0n) is 13.9. The number of amides is 1. The van der Waals surface area contributed by atoms with Crippen molar-refractivity contribution in [2.45, 2.75) is 46.0 Å². The van der Waals surface area contributed by atoms with E-state index in [0.29, 0.717) is 25.9 Å². The standard InChI is InChI=1S/C17H28N2O2/c1-12-10-13(6-7-15(20)19-9-8-18)16(21-5)14(11-12)17(2,3)4/h10-11H,6-9,18H2,1-5H3,(H,19,20). The number of carbonyl (C=O) groups is 1. The monoisotopic (exact) mass is 292 g/mol. The van der Waals surface area contributed by atoms with E-state index in [4.69, 9.17) is 10.5 Å². The molecule has 0 saturated carbocycles. The molecule has 0 saturated heterocycles. The van der Waals surface area contributed by atoms with Crippen molar-refractivity contribution < 1.29 is 9.53 Å². The van der Waals surface area contributed by atoms with Gasteiger partial charge in [-0.2, -0.15) is 0 Å². The Kier molecular flexibility index (Phi) is 6.21. The van der Waals surface area contributed by atoms with Crippen molar-refractivity contribution >= 4 is 5.91 Å². The highest BCUT2D eigenvalue weighted by molar-refractivity contribution is 5.76. The van der Waals surface area contributed by atoms with E-state index in [0.717, 1.165) is 11.3 Å². The van der Waals surface area contributed by atoms with Crippen LogP contribution in [-0.2, 0) is 16.6 Å². The van der Waals surface area contributed by atoms with Gasteiger partial charge in [-0.05, 0) is 24.3 Å². The van der Waals surface area contributed by atoms with Crippen molar-refractivity contribution in [3.05, 3.63) is 28.8 Å². The maximum absolute atomic E-state index is 11.7. The highest BCUT2D eigenvalue weighted by atomic mass is 16.5. The van der Waals surface area contributed by atoms with Gasteiger partial charge >= 0.3 is 0 Å². The largest absolute Gasteiger partial charge is 0.496 e. The highest BCUT2D eigenvalue weighted by Crippen LogP contribution is 2.35. The molecule has 0 radical (unpaired) electrons. The third-order valence-corrected chi connectivity index (χ3v) is 3.41. The average molecular weight is 292 g/mol. The molecule has 0 aliphatic rings. The van der Waals surface area contributed by atoms with Gasteiger partial charge in [-0.3, -0.25) is 4.79 Å². The first-order valence-electron chi connectivity index (χ1n) is 7.44. The van der Waals surface area contributed by atoms with Gasteiger partial charge in [0.2, 0.25) is 5.91 Å². The summed E-state index contributed by atoms with van der Waals surface area (Å²) in [6, 6.07) is 4.26. The molecule has 0 aliphatic carbocycles. The van der Waals surface area contributed by atoms with Gasteiger partial charge in [0.1, 0.15) is 5.75 Å². The minimum absolute atomic E-state index is 0.00786.